The molecule has 0 spiro atoms. The van der Waals surface area contributed by atoms with Crippen molar-refractivity contribution in [1.29, 1.82) is 0 Å². The van der Waals surface area contributed by atoms with Crippen molar-refractivity contribution >= 4 is 17.5 Å². The van der Waals surface area contributed by atoms with Crippen LogP contribution in [0.1, 0.15) is 22.8 Å². The maximum Gasteiger partial charge on any atom is 0.254 e. The fourth-order valence-corrected chi connectivity index (χ4v) is 2.20. The van der Waals surface area contributed by atoms with Gasteiger partial charge < -0.3 is 15.4 Å². The van der Waals surface area contributed by atoms with E-state index < -0.39 is 0 Å². The van der Waals surface area contributed by atoms with Crippen LogP contribution in [0, 0.1) is 5.21 Å². The number of aryl methyl sites for hydroxylation is 1. The molecule has 1 heterocycles. The zero-order chi connectivity index (χ0) is 16.8. The molecular formula is C17H19N3O3. The molecule has 0 saturated heterocycles. The standard InChI is InChI=1S/C17H19N3O3/c1-3-13-6-4-5-7-15(13)18-16(21)12-19(2)17(22)14-8-10-20(23)11-9-14/h4-11H,3,12H2,1-2H3,(H,18,21). The number of rotatable bonds is 5. The Kier molecular flexibility index (Phi) is 5.30. The molecular weight excluding hydrogens is 294 g/mol. The molecule has 2 rings (SSSR count). The van der Waals surface area contributed by atoms with Gasteiger partial charge in [0.15, 0.2) is 12.4 Å². The van der Waals surface area contributed by atoms with E-state index in [1.807, 2.05) is 31.2 Å². The van der Waals surface area contributed by atoms with E-state index in [0.717, 1.165) is 17.7 Å². The second kappa shape index (κ2) is 7.40. The summed E-state index contributed by atoms with van der Waals surface area (Å²) in [5.41, 5.74) is 2.16. The third-order valence-electron chi connectivity index (χ3n) is 3.45. The summed E-state index contributed by atoms with van der Waals surface area (Å²) in [5.74, 6) is -0.582. The minimum atomic E-state index is -0.315. The summed E-state index contributed by atoms with van der Waals surface area (Å²) in [6.45, 7) is 1.95. The Balaban J connectivity index is 1.99. The van der Waals surface area contributed by atoms with Crippen molar-refractivity contribution in [1.82, 2.24) is 4.90 Å². The molecule has 1 N–H and O–H groups in total. The van der Waals surface area contributed by atoms with Crippen molar-refractivity contribution in [2.45, 2.75) is 13.3 Å². The highest BCUT2D eigenvalue weighted by molar-refractivity contribution is 5.99. The number of likely N-dealkylation sites (N-methyl/N-ethyl adjacent to an activating group) is 1. The van der Waals surface area contributed by atoms with Crippen molar-refractivity contribution in [2.24, 2.45) is 0 Å². The number of carbonyl (C=O) groups excluding carboxylic acids is 2. The van der Waals surface area contributed by atoms with Gasteiger partial charge in [0.05, 0.1) is 12.1 Å². The second-order valence-corrected chi connectivity index (χ2v) is 5.17. The molecule has 0 aliphatic carbocycles. The lowest BCUT2D eigenvalue weighted by Crippen LogP contribution is -2.35. The number of hydrogen-bond donors (Lipinski definition) is 1. The molecule has 0 unspecified atom stereocenters. The van der Waals surface area contributed by atoms with E-state index in [4.69, 9.17) is 0 Å². The molecule has 1 aromatic carbocycles. The van der Waals surface area contributed by atoms with Gasteiger partial charge in [0.2, 0.25) is 5.91 Å². The summed E-state index contributed by atoms with van der Waals surface area (Å²) in [6, 6.07) is 10.4. The van der Waals surface area contributed by atoms with Crippen LogP contribution in [-0.2, 0) is 11.2 Å². The number of aromatic nitrogens is 1. The lowest BCUT2D eigenvalue weighted by atomic mass is 10.1. The number of para-hydroxylation sites is 1. The molecule has 120 valence electrons. The molecule has 23 heavy (non-hydrogen) atoms. The number of amides is 2. The van der Waals surface area contributed by atoms with E-state index in [9.17, 15) is 14.8 Å². The maximum absolute atomic E-state index is 12.2. The normalized spacial score (nSPS) is 10.2. The van der Waals surface area contributed by atoms with Gasteiger partial charge in [-0.2, -0.15) is 4.73 Å². The van der Waals surface area contributed by atoms with Crippen molar-refractivity contribution in [2.75, 3.05) is 18.9 Å². The van der Waals surface area contributed by atoms with E-state index in [0.29, 0.717) is 10.3 Å². The number of hydrogen-bond acceptors (Lipinski definition) is 3. The highest BCUT2D eigenvalue weighted by Gasteiger charge is 2.16. The molecule has 0 saturated carbocycles. The number of nitrogens with zero attached hydrogens (tertiary/aromatic N) is 2. The van der Waals surface area contributed by atoms with Crippen LogP contribution in [0.5, 0.6) is 0 Å². The highest BCUT2D eigenvalue weighted by atomic mass is 16.5. The molecule has 6 heteroatoms. The zero-order valence-corrected chi connectivity index (χ0v) is 13.2. The SMILES string of the molecule is CCc1ccccc1NC(=O)CN(C)C(=O)c1cc[n+]([O-])cc1. The van der Waals surface area contributed by atoms with Crippen LogP contribution in [-0.4, -0.2) is 30.3 Å². The summed E-state index contributed by atoms with van der Waals surface area (Å²) < 4.78 is 0.602. The molecule has 0 atom stereocenters. The summed E-state index contributed by atoms with van der Waals surface area (Å²) >= 11 is 0. The van der Waals surface area contributed by atoms with Crippen molar-refractivity contribution < 1.29 is 14.3 Å². The fourth-order valence-electron chi connectivity index (χ4n) is 2.20. The van der Waals surface area contributed by atoms with Crippen LogP contribution in [0.15, 0.2) is 48.8 Å². The summed E-state index contributed by atoms with van der Waals surface area (Å²) in [4.78, 5) is 25.6. The number of anilines is 1. The van der Waals surface area contributed by atoms with Gasteiger partial charge in [-0.3, -0.25) is 9.59 Å². The van der Waals surface area contributed by atoms with E-state index >= 15 is 0 Å². The van der Waals surface area contributed by atoms with Crippen molar-refractivity contribution in [3.05, 3.63) is 65.1 Å². The predicted octanol–water partition coefficient (Wildman–Crippen LogP) is 1.59. The first-order valence-corrected chi connectivity index (χ1v) is 7.33. The van der Waals surface area contributed by atoms with Crippen LogP contribution < -0.4 is 10.0 Å². The second-order valence-electron chi connectivity index (χ2n) is 5.17. The average molecular weight is 313 g/mol. The number of pyridine rings is 1. The van der Waals surface area contributed by atoms with E-state index in [1.54, 1.807) is 7.05 Å². The first kappa shape index (κ1) is 16.5. The maximum atomic E-state index is 12.2. The van der Waals surface area contributed by atoms with Gasteiger partial charge in [-0.05, 0) is 18.1 Å². The minimum Gasteiger partial charge on any atom is -0.619 e. The van der Waals surface area contributed by atoms with Crippen molar-refractivity contribution in [3.63, 3.8) is 0 Å². The monoisotopic (exact) mass is 313 g/mol. The number of carbonyl (C=O) groups is 2. The Morgan fingerprint density at radius 1 is 1.17 bits per heavy atom. The quantitative estimate of drug-likeness (QED) is 0.673. The molecule has 2 aromatic rings. The van der Waals surface area contributed by atoms with Gasteiger partial charge in [-0.15, -0.1) is 0 Å². The van der Waals surface area contributed by atoms with Gasteiger partial charge in [0.25, 0.3) is 5.91 Å². The van der Waals surface area contributed by atoms with Gasteiger partial charge in [-0.1, -0.05) is 25.1 Å². The molecule has 6 nitrogen and oxygen atoms in total. The van der Waals surface area contributed by atoms with E-state index in [2.05, 4.69) is 5.32 Å². The largest absolute Gasteiger partial charge is 0.619 e. The predicted molar refractivity (Wildman–Crippen MR) is 86.8 cm³/mol. The summed E-state index contributed by atoms with van der Waals surface area (Å²) in [7, 11) is 1.55. The molecule has 0 bridgehead atoms. The van der Waals surface area contributed by atoms with Crippen LogP contribution >= 0.6 is 0 Å². The lowest BCUT2D eigenvalue weighted by Gasteiger charge is -2.17. The van der Waals surface area contributed by atoms with Crippen molar-refractivity contribution in [3.8, 4) is 0 Å². The Morgan fingerprint density at radius 2 is 1.83 bits per heavy atom. The van der Waals surface area contributed by atoms with Crippen LogP contribution in [0.25, 0.3) is 0 Å². The average Bonchev–Trinajstić information content (AvgIpc) is 2.55. The van der Waals surface area contributed by atoms with Crippen LogP contribution in [0.3, 0.4) is 0 Å². The molecule has 0 aliphatic rings. The number of benzene rings is 1. The van der Waals surface area contributed by atoms with E-state index in [1.165, 1.54) is 29.4 Å². The lowest BCUT2D eigenvalue weighted by molar-refractivity contribution is -0.605. The first-order valence-electron chi connectivity index (χ1n) is 7.33. The van der Waals surface area contributed by atoms with Gasteiger partial charge in [0.1, 0.15) is 0 Å². The summed E-state index contributed by atoms with van der Waals surface area (Å²) in [5, 5.41) is 13.8. The topological polar surface area (TPSA) is 76.4 Å². The van der Waals surface area contributed by atoms with Crippen LogP contribution in [0.2, 0.25) is 0 Å². The van der Waals surface area contributed by atoms with Gasteiger partial charge >= 0.3 is 0 Å². The Hall–Kier alpha value is -2.89. The van der Waals surface area contributed by atoms with Gasteiger partial charge in [0, 0.05) is 24.9 Å². The van der Waals surface area contributed by atoms with Crippen LogP contribution in [0.4, 0.5) is 5.69 Å². The number of nitrogens with one attached hydrogen (secondary N) is 1. The third kappa shape index (κ3) is 4.29. The molecule has 0 radical (unpaired) electrons. The molecule has 1 aromatic heterocycles. The zero-order valence-electron chi connectivity index (χ0n) is 13.2. The highest BCUT2D eigenvalue weighted by Crippen LogP contribution is 2.15. The van der Waals surface area contributed by atoms with Gasteiger partial charge in [-0.25, -0.2) is 0 Å². The smallest absolute Gasteiger partial charge is 0.254 e. The molecule has 0 aliphatic heterocycles. The molecule has 0 fully saturated rings. The first-order chi connectivity index (χ1) is 11.0. The Morgan fingerprint density at radius 3 is 2.48 bits per heavy atom. The minimum absolute atomic E-state index is 0.0663. The molecule has 2 amide bonds. The fraction of sp³-hybridized carbons (Fsp3) is 0.235. The summed E-state index contributed by atoms with van der Waals surface area (Å²) in [6.07, 6.45) is 3.31. The van der Waals surface area contributed by atoms with E-state index in [-0.39, 0.29) is 18.4 Å². The Bertz CT molecular complexity index is 698. The Labute approximate surface area is 134 Å². The third-order valence-corrected chi connectivity index (χ3v) is 3.45.